The number of carbonyl (C=O) groups excluding carboxylic acids is 1. The lowest BCUT2D eigenvalue weighted by Gasteiger charge is -2.26. The summed E-state index contributed by atoms with van der Waals surface area (Å²) in [6, 6.07) is 9.87. The first-order chi connectivity index (χ1) is 9.70. The van der Waals surface area contributed by atoms with Crippen LogP contribution in [-0.2, 0) is 11.3 Å². The highest BCUT2D eigenvalue weighted by Gasteiger charge is 2.47. The van der Waals surface area contributed by atoms with Gasteiger partial charge in [0.05, 0.1) is 0 Å². The number of ether oxygens (including phenoxy) is 1. The van der Waals surface area contributed by atoms with E-state index >= 15 is 0 Å². The van der Waals surface area contributed by atoms with Gasteiger partial charge < -0.3 is 15.4 Å². The Hall–Kier alpha value is -1.55. The quantitative estimate of drug-likeness (QED) is 0.901. The molecule has 0 aromatic heterocycles. The molecule has 2 N–H and O–H groups in total. The molecule has 1 saturated carbocycles. The number of amides is 1. The van der Waals surface area contributed by atoms with E-state index in [2.05, 4.69) is 0 Å². The summed E-state index contributed by atoms with van der Waals surface area (Å²) in [5.41, 5.74) is 7.43. The molecule has 1 spiro atoms. The van der Waals surface area contributed by atoms with E-state index in [1.54, 1.807) is 4.90 Å². The summed E-state index contributed by atoms with van der Waals surface area (Å²) >= 11 is 0. The number of carbonyl (C=O) groups is 1. The van der Waals surface area contributed by atoms with Gasteiger partial charge in [-0.1, -0.05) is 43.2 Å². The number of rotatable bonds is 2. The minimum Gasteiger partial charge on any atom is -0.445 e. The fourth-order valence-corrected chi connectivity index (χ4v) is 3.55. The molecule has 1 amide bonds. The van der Waals surface area contributed by atoms with Crippen LogP contribution < -0.4 is 5.73 Å². The van der Waals surface area contributed by atoms with Crippen LogP contribution in [0.4, 0.5) is 4.79 Å². The summed E-state index contributed by atoms with van der Waals surface area (Å²) in [5, 5.41) is 0. The Kier molecular flexibility index (Phi) is 3.66. The number of hydrogen-bond acceptors (Lipinski definition) is 3. The van der Waals surface area contributed by atoms with Crippen molar-refractivity contribution in [3.8, 4) is 0 Å². The van der Waals surface area contributed by atoms with Crippen LogP contribution in [-0.4, -0.2) is 30.1 Å². The molecule has 1 aliphatic heterocycles. The summed E-state index contributed by atoms with van der Waals surface area (Å²) in [4.78, 5) is 13.9. The molecule has 0 bridgehead atoms. The Morgan fingerprint density at radius 2 is 2.00 bits per heavy atom. The van der Waals surface area contributed by atoms with Crippen LogP contribution in [0.1, 0.15) is 31.2 Å². The predicted molar refractivity (Wildman–Crippen MR) is 77.1 cm³/mol. The summed E-state index contributed by atoms with van der Waals surface area (Å²) < 4.78 is 5.39. The van der Waals surface area contributed by atoms with Crippen molar-refractivity contribution >= 4 is 6.09 Å². The van der Waals surface area contributed by atoms with Gasteiger partial charge in [-0.25, -0.2) is 4.79 Å². The van der Waals surface area contributed by atoms with E-state index < -0.39 is 0 Å². The van der Waals surface area contributed by atoms with Crippen molar-refractivity contribution in [3.05, 3.63) is 35.9 Å². The third-order valence-electron chi connectivity index (χ3n) is 4.77. The first-order valence-electron chi connectivity index (χ1n) is 7.41. The number of nitrogens with two attached hydrogens (primary N) is 1. The van der Waals surface area contributed by atoms with Gasteiger partial charge in [-0.05, 0) is 18.4 Å². The summed E-state index contributed by atoms with van der Waals surface area (Å²) in [5.74, 6) is 0. The molecule has 3 rings (SSSR count). The first kappa shape index (κ1) is 13.4. The average molecular weight is 274 g/mol. The van der Waals surface area contributed by atoms with Gasteiger partial charge in [-0.15, -0.1) is 0 Å². The Labute approximate surface area is 119 Å². The molecule has 4 nitrogen and oxygen atoms in total. The standard InChI is InChI=1S/C16H22N2O2/c17-14-10-18(12-16(14)8-4-5-9-16)15(19)20-11-13-6-2-1-3-7-13/h1-3,6-7,14H,4-5,8-12,17H2. The Morgan fingerprint density at radius 3 is 2.70 bits per heavy atom. The zero-order valence-electron chi connectivity index (χ0n) is 11.8. The van der Waals surface area contributed by atoms with Crippen molar-refractivity contribution in [2.75, 3.05) is 13.1 Å². The van der Waals surface area contributed by atoms with Gasteiger partial charge >= 0.3 is 6.09 Å². The molecule has 108 valence electrons. The van der Waals surface area contributed by atoms with Crippen LogP contribution in [0.3, 0.4) is 0 Å². The molecule has 1 aromatic rings. The molecule has 20 heavy (non-hydrogen) atoms. The van der Waals surface area contributed by atoms with E-state index in [0.717, 1.165) is 24.9 Å². The van der Waals surface area contributed by atoms with Gasteiger partial charge in [0, 0.05) is 24.5 Å². The van der Waals surface area contributed by atoms with Crippen molar-refractivity contribution < 1.29 is 9.53 Å². The smallest absolute Gasteiger partial charge is 0.410 e. The Balaban J connectivity index is 1.56. The number of nitrogens with zero attached hydrogens (tertiary/aromatic N) is 1. The molecule has 4 heteroatoms. The van der Waals surface area contributed by atoms with Crippen LogP contribution >= 0.6 is 0 Å². The molecular weight excluding hydrogens is 252 g/mol. The lowest BCUT2D eigenvalue weighted by molar-refractivity contribution is 0.0997. The normalized spacial score (nSPS) is 24.2. The van der Waals surface area contributed by atoms with E-state index in [1.165, 1.54) is 12.8 Å². The summed E-state index contributed by atoms with van der Waals surface area (Å²) in [6.07, 6.45) is 4.54. The highest BCUT2D eigenvalue weighted by atomic mass is 16.6. The fraction of sp³-hybridized carbons (Fsp3) is 0.562. The largest absolute Gasteiger partial charge is 0.445 e. The molecular formula is C16H22N2O2. The molecule has 1 heterocycles. The maximum absolute atomic E-state index is 12.2. The molecule has 1 saturated heterocycles. The van der Waals surface area contributed by atoms with E-state index in [9.17, 15) is 4.79 Å². The number of hydrogen-bond donors (Lipinski definition) is 1. The predicted octanol–water partition coefficient (Wildman–Crippen LogP) is 2.53. The second-order valence-electron chi connectivity index (χ2n) is 6.10. The molecule has 2 fully saturated rings. The summed E-state index contributed by atoms with van der Waals surface area (Å²) in [7, 11) is 0. The van der Waals surface area contributed by atoms with Gasteiger partial charge in [0.2, 0.25) is 0 Å². The lowest BCUT2D eigenvalue weighted by atomic mass is 9.82. The van der Waals surface area contributed by atoms with E-state index in [4.69, 9.17) is 10.5 Å². The van der Waals surface area contributed by atoms with Crippen LogP contribution in [0, 0.1) is 5.41 Å². The van der Waals surface area contributed by atoms with Gasteiger partial charge in [-0.3, -0.25) is 0 Å². The zero-order chi connectivity index (χ0) is 14.0. The Bertz CT molecular complexity index is 469. The minimum atomic E-state index is -0.229. The van der Waals surface area contributed by atoms with Crippen molar-refractivity contribution in [2.45, 2.75) is 38.3 Å². The monoisotopic (exact) mass is 274 g/mol. The molecule has 2 aliphatic rings. The third-order valence-corrected chi connectivity index (χ3v) is 4.77. The van der Waals surface area contributed by atoms with Crippen molar-refractivity contribution in [2.24, 2.45) is 11.1 Å². The van der Waals surface area contributed by atoms with Crippen molar-refractivity contribution in [1.29, 1.82) is 0 Å². The molecule has 0 radical (unpaired) electrons. The maximum atomic E-state index is 12.2. The topological polar surface area (TPSA) is 55.6 Å². The summed E-state index contributed by atoms with van der Waals surface area (Å²) in [6.45, 7) is 1.73. The highest BCUT2D eigenvalue weighted by molar-refractivity contribution is 5.68. The first-order valence-corrected chi connectivity index (χ1v) is 7.41. The molecule has 1 unspecified atom stereocenters. The van der Waals surface area contributed by atoms with Crippen LogP contribution in [0.25, 0.3) is 0 Å². The molecule has 1 aromatic carbocycles. The third kappa shape index (κ3) is 2.52. The lowest BCUT2D eigenvalue weighted by Crippen LogP contribution is -2.38. The van der Waals surface area contributed by atoms with Crippen LogP contribution in [0.2, 0.25) is 0 Å². The minimum absolute atomic E-state index is 0.106. The van der Waals surface area contributed by atoms with E-state index in [-0.39, 0.29) is 17.6 Å². The zero-order valence-corrected chi connectivity index (χ0v) is 11.8. The SMILES string of the molecule is NC1CN(C(=O)OCc2ccccc2)CC12CCCC2. The number of benzene rings is 1. The van der Waals surface area contributed by atoms with Crippen molar-refractivity contribution in [3.63, 3.8) is 0 Å². The van der Waals surface area contributed by atoms with Crippen molar-refractivity contribution in [1.82, 2.24) is 4.90 Å². The van der Waals surface area contributed by atoms with Gasteiger partial charge in [0.15, 0.2) is 0 Å². The Morgan fingerprint density at radius 1 is 1.30 bits per heavy atom. The van der Waals surface area contributed by atoms with E-state index in [1.807, 2.05) is 30.3 Å². The average Bonchev–Trinajstić information content (AvgIpc) is 3.07. The maximum Gasteiger partial charge on any atom is 0.410 e. The van der Waals surface area contributed by atoms with Crippen LogP contribution in [0.5, 0.6) is 0 Å². The van der Waals surface area contributed by atoms with Gasteiger partial charge in [0.25, 0.3) is 0 Å². The van der Waals surface area contributed by atoms with E-state index in [0.29, 0.717) is 13.2 Å². The van der Waals surface area contributed by atoms with Gasteiger partial charge in [0.1, 0.15) is 6.61 Å². The second-order valence-corrected chi connectivity index (χ2v) is 6.10. The second kappa shape index (κ2) is 5.44. The molecule has 1 atom stereocenters. The number of likely N-dealkylation sites (tertiary alicyclic amines) is 1. The van der Waals surface area contributed by atoms with Crippen LogP contribution in [0.15, 0.2) is 30.3 Å². The van der Waals surface area contributed by atoms with Gasteiger partial charge in [-0.2, -0.15) is 0 Å². The molecule has 1 aliphatic carbocycles. The fourth-order valence-electron chi connectivity index (χ4n) is 3.55. The highest BCUT2D eigenvalue weighted by Crippen LogP contribution is 2.44.